The van der Waals surface area contributed by atoms with Crippen molar-refractivity contribution in [3.8, 4) is 0 Å². The number of rotatable bonds is 7. The second kappa shape index (κ2) is 10.8. The first-order valence-electron chi connectivity index (χ1n) is 13.0. The maximum atomic E-state index is 11.5. The maximum Gasteiger partial charge on any atom is 0.145 e. The first-order valence-corrected chi connectivity index (χ1v) is 13.0. The van der Waals surface area contributed by atoms with Crippen molar-refractivity contribution in [1.29, 1.82) is 0 Å². The summed E-state index contributed by atoms with van der Waals surface area (Å²) in [6, 6.07) is 4.16. The van der Waals surface area contributed by atoms with E-state index in [0.29, 0.717) is 17.3 Å². The number of aromatic nitrogens is 1. The van der Waals surface area contributed by atoms with Crippen LogP contribution in [-0.2, 0) is 11.8 Å². The lowest BCUT2D eigenvalue weighted by atomic mass is 9.95. The van der Waals surface area contributed by atoms with Crippen molar-refractivity contribution in [3.05, 3.63) is 71.8 Å². The Hall–Kier alpha value is -3.19. The summed E-state index contributed by atoms with van der Waals surface area (Å²) in [7, 11) is 2.00. The number of nitrogens with zero attached hydrogens (tertiary/aromatic N) is 6. The van der Waals surface area contributed by atoms with Crippen LogP contribution in [0.1, 0.15) is 47.0 Å². The first kappa shape index (κ1) is 25.9. The van der Waals surface area contributed by atoms with E-state index in [4.69, 9.17) is 10.1 Å². The van der Waals surface area contributed by atoms with E-state index in [1.807, 2.05) is 36.0 Å². The fourth-order valence-corrected chi connectivity index (χ4v) is 5.20. The summed E-state index contributed by atoms with van der Waals surface area (Å²) in [4.78, 5) is 21.4. The van der Waals surface area contributed by atoms with Gasteiger partial charge in [0, 0.05) is 50.7 Å². The molecule has 1 aromatic heterocycles. The molecule has 0 aliphatic carbocycles. The van der Waals surface area contributed by atoms with Gasteiger partial charge in [-0.2, -0.15) is 5.10 Å². The quantitative estimate of drug-likeness (QED) is 0.422. The van der Waals surface area contributed by atoms with Crippen LogP contribution in [0, 0.1) is 5.92 Å². The van der Waals surface area contributed by atoms with E-state index in [9.17, 15) is 4.79 Å². The van der Waals surface area contributed by atoms with Crippen molar-refractivity contribution in [2.45, 2.75) is 52.5 Å². The van der Waals surface area contributed by atoms with Gasteiger partial charge in [0.05, 0.1) is 17.1 Å². The van der Waals surface area contributed by atoms with Gasteiger partial charge in [-0.15, -0.1) is 0 Å². The smallest absolute Gasteiger partial charge is 0.145 e. The Balaban J connectivity index is 1.60. The Morgan fingerprint density at radius 3 is 2.81 bits per heavy atom. The predicted molar refractivity (Wildman–Crippen MR) is 147 cm³/mol. The van der Waals surface area contributed by atoms with E-state index in [2.05, 4.69) is 56.3 Å². The molecule has 2 atom stereocenters. The van der Waals surface area contributed by atoms with E-state index in [1.165, 1.54) is 36.7 Å². The number of carbonyl (C=O) groups is 1. The number of aldehydes is 1. The van der Waals surface area contributed by atoms with Gasteiger partial charge >= 0.3 is 0 Å². The van der Waals surface area contributed by atoms with Crippen molar-refractivity contribution < 1.29 is 4.79 Å². The van der Waals surface area contributed by atoms with Crippen molar-refractivity contribution in [3.63, 3.8) is 0 Å². The fraction of sp³-hybridized carbons (Fsp3) is 0.483. The zero-order valence-corrected chi connectivity index (χ0v) is 22.4. The first-order chi connectivity index (χ1) is 17.2. The van der Waals surface area contributed by atoms with E-state index >= 15 is 0 Å². The number of aryl methyl sites for hydroxylation is 1. The number of allylic oxidation sites excluding steroid dienone is 4. The fourth-order valence-electron chi connectivity index (χ4n) is 5.20. The molecule has 0 amide bonds. The van der Waals surface area contributed by atoms with Crippen LogP contribution in [0.3, 0.4) is 0 Å². The van der Waals surface area contributed by atoms with Crippen molar-refractivity contribution >= 4 is 17.7 Å². The monoisotopic (exact) mass is 488 g/mol. The molecule has 0 N–H and O–H groups in total. The Morgan fingerprint density at radius 2 is 2.08 bits per heavy atom. The largest absolute Gasteiger partial charge is 0.367 e. The highest BCUT2D eigenvalue weighted by Crippen LogP contribution is 2.33. The Morgan fingerprint density at radius 1 is 1.28 bits per heavy atom. The highest BCUT2D eigenvalue weighted by atomic mass is 16.1. The topological polar surface area (TPSA) is 56.4 Å². The molecule has 2 saturated heterocycles. The number of anilines is 1. The van der Waals surface area contributed by atoms with Crippen molar-refractivity contribution in [2.75, 3.05) is 31.1 Å². The van der Waals surface area contributed by atoms with Gasteiger partial charge in [-0.25, -0.2) is 10.0 Å². The van der Waals surface area contributed by atoms with Gasteiger partial charge in [0.2, 0.25) is 0 Å². The van der Waals surface area contributed by atoms with Crippen LogP contribution in [0.5, 0.6) is 0 Å². The van der Waals surface area contributed by atoms with E-state index in [1.54, 1.807) is 5.01 Å². The summed E-state index contributed by atoms with van der Waals surface area (Å²) in [5, 5.41) is 6.51. The summed E-state index contributed by atoms with van der Waals surface area (Å²) in [6.07, 6.45) is 13.7. The van der Waals surface area contributed by atoms with Crippen LogP contribution in [0.4, 0.5) is 5.69 Å². The predicted octanol–water partition coefficient (Wildman–Crippen LogP) is 4.37. The van der Waals surface area contributed by atoms with Crippen molar-refractivity contribution in [2.24, 2.45) is 23.1 Å². The molecule has 36 heavy (non-hydrogen) atoms. The molecule has 7 heteroatoms. The number of pyridine rings is 1. The van der Waals surface area contributed by atoms with Crippen LogP contribution in [-0.4, -0.2) is 58.2 Å². The van der Waals surface area contributed by atoms with Crippen LogP contribution < -0.4 is 10.4 Å². The Bertz CT molecular complexity index is 1200. The highest BCUT2D eigenvalue weighted by Gasteiger charge is 2.40. The van der Waals surface area contributed by atoms with Crippen LogP contribution >= 0.6 is 0 Å². The Labute approximate surface area is 215 Å². The summed E-state index contributed by atoms with van der Waals surface area (Å²) in [5.74, 6) is 0.453. The molecular weight excluding hydrogens is 448 g/mol. The van der Waals surface area contributed by atoms with Crippen LogP contribution in [0.25, 0.3) is 0 Å². The molecule has 3 aliphatic heterocycles. The number of hydrazone groups is 1. The van der Waals surface area contributed by atoms with E-state index in [0.717, 1.165) is 43.5 Å². The highest BCUT2D eigenvalue weighted by molar-refractivity contribution is 6.10. The number of hydrogen-bond acceptors (Lipinski definition) is 6. The van der Waals surface area contributed by atoms with Gasteiger partial charge in [-0.3, -0.25) is 9.69 Å². The second-order valence-corrected chi connectivity index (χ2v) is 10.5. The number of hydrogen-bond donors (Lipinski definition) is 0. The van der Waals surface area contributed by atoms with Crippen LogP contribution in [0.15, 0.2) is 76.4 Å². The molecule has 1 aromatic rings. The lowest BCUT2D eigenvalue weighted by Crippen LogP contribution is -2.57. The molecular formula is C29H40N6O. The van der Waals surface area contributed by atoms with Gasteiger partial charge in [-0.05, 0) is 69.9 Å². The number of piperazine rings is 1. The summed E-state index contributed by atoms with van der Waals surface area (Å²) < 4.78 is 2.02. The molecule has 0 aromatic carbocycles. The third-order valence-electron chi connectivity index (χ3n) is 7.92. The summed E-state index contributed by atoms with van der Waals surface area (Å²) in [6.45, 7) is 17.4. The van der Waals surface area contributed by atoms with Crippen LogP contribution in [0.2, 0.25) is 0 Å². The normalized spacial score (nSPS) is 24.8. The molecule has 2 fully saturated rings. The number of carbonyl (C=O) groups excluding carboxylic acids is 1. The molecule has 3 aliphatic rings. The molecule has 0 bridgehead atoms. The zero-order valence-electron chi connectivity index (χ0n) is 22.4. The second-order valence-electron chi connectivity index (χ2n) is 10.5. The molecule has 4 rings (SSSR count). The average molecular weight is 489 g/mol. The van der Waals surface area contributed by atoms with Gasteiger partial charge in [0.15, 0.2) is 0 Å². The van der Waals surface area contributed by atoms with Gasteiger partial charge in [0.1, 0.15) is 17.5 Å². The van der Waals surface area contributed by atoms with E-state index < -0.39 is 0 Å². The zero-order chi connectivity index (χ0) is 25.9. The summed E-state index contributed by atoms with van der Waals surface area (Å²) in [5.41, 5.74) is 5.37. The standard InChI is InChI=1S/C29H40N6O/c1-7-22(2)23(3)19-35-24(4)9-11-27(31-35)26(13-18-36)30-28-12-10-25(20-32(28)6)33-16-17-34-15-8-14-29(34,5)21-33/h9-13,18-20,22H,4,7-8,14-17,21H2,1-3,5-6H3/b23-19-,26-13-,30-28?/t22?,29-/m0/s1. The maximum absolute atomic E-state index is 11.5. The minimum Gasteiger partial charge on any atom is -0.367 e. The molecule has 1 unspecified atom stereocenters. The lowest BCUT2D eigenvalue weighted by molar-refractivity contribution is -0.104. The molecule has 7 nitrogen and oxygen atoms in total. The third-order valence-corrected chi connectivity index (χ3v) is 7.92. The molecule has 192 valence electrons. The molecule has 0 radical (unpaired) electrons. The van der Waals surface area contributed by atoms with E-state index in [-0.39, 0.29) is 5.54 Å². The number of fused-ring (bicyclic) bond motifs is 1. The summed E-state index contributed by atoms with van der Waals surface area (Å²) >= 11 is 0. The van der Waals surface area contributed by atoms with Gasteiger partial charge in [0.25, 0.3) is 0 Å². The Kier molecular flexibility index (Phi) is 7.79. The van der Waals surface area contributed by atoms with Gasteiger partial charge in [-0.1, -0.05) is 26.0 Å². The van der Waals surface area contributed by atoms with Crippen molar-refractivity contribution in [1.82, 2.24) is 14.5 Å². The SMILES string of the molecule is C=C1C=CC(/C(=C/C=O)N=c2ccc(N3CCN4CCC[C@@]4(C)C3)cn2C)=NN1/C=C(/C)C(C)CC. The average Bonchev–Trinajstić information content (AvgIpc) is 3.26. The minimum absolute atomic E-state index is 0.267. The third kappa shape index (κ3) is 5.46. The molecule has 0 spiro atoms. The van der Waals surface area contributed by atoms with Gasteiger partial charge < -0.3 is 9.47 Å². The lowest BCUT2D eigenvalue weighted by Gasteiger charge is -2.46. The molecule has 0 saturated carbocycles. The minimum atomic E-state index is 0.267. The molecule has 4 heterocycles.